The number of hydrogen-bond donors (Lipinski definition) is 1. The third-order valence-electron chi connectivity index (χ3n) is 3.16. The minimum absolute atomic E-state index is 0.531. The van der Waals surface area contributed by atoms with Crippen molar-refractivity contribution >= 4 is 48.3 Å². The van der Waals surface area contributed by atoms with Crippen LogP contribution in [0.1, 0.15) is 25.3 Å². The molecule has 0 aliphatic rings. The zero-order valence-corrected chi connectivity index (χ0v) is 13.8. The van der Waals surface area contributed by atoms with Crippen molar-refractivity contribution in [1.82, 2.24) is 4.98 Å². The smallest absolute Gasteiger partial charge is 0.188 e. The Morgan fingerprint density at radius 2 is 2.00 bits per heavy atom. The van der Waals surface area contributed by atoms with Crippen molar-refractivity contribution in [3.63, 3.8) is 0 Å². The summed E-state index contributed by atoms with van der Waals surface area (Å²) in [5.74, 6) is 0.531. The van der Waals surface area contributed by atoms with Gasteiger partial charge in [0.25, 0.3) is 0 Å². The molecule has 1 aromatic heterocycles. The van der Waals surface area contributed by atoms with Crippen molar-refractivity contribution in [3.8, 4) is 0 Å². The summed E-state index contributed by atoms with van der Waals surface area (Å²) in [4.78, 5) is 4.61. The van der Waals surface area contributed by atoms with E-state index >= 15 is 0 Å². The number of fused-ring (bicyclic) bond motifs is 1. The Kier molecular flexibility index (Phi) is 3.76. The summed E-state index contributed by atoms with van der Waals surface area (Å²) in [7, 11) is 0. The van der Waals surface area contributed by atoms with E-state index < -0.39 is 0 Å². The first kappa shape index (κ1) is 13.6. The lowest BCUT2D eigenvalue weighted by Crippen LogP contribution is -1.92. The van der Waals surface area contributed by atoms with E-state index in [1.165, 1.54) is 10.3 Å². The lowest BCUT2D eigenvalue weighted by molar-refractivity contribution is 0.867. The van der Waals surface area contributed by atoms with Gasteiger partial charge < -0.3 is 5.32 Å². The van der Waals surface area contributed by atoms with Crippen molar-refractivity contribution in [1.29, 1.82) is 0 Å². The molecule has 0 aliphatic heterocycles. The van der Waals surface area contributed by atoms with Crippen LogP contribution < -0.4 is 5.32 Å². The van der Waals surface area contributed by atoms with Crippen LogP contribution in [0.15, 0.2) is 46.9 Å². The van der Waals surface area contributed by atoms with Crippen LogP contribution in [0.4, 0.5) is 10.8 Å². The topological polar surface area (TPSA) is 24.9 Å². The fraction of sp³-hybridized carbons (Fsp3) is 0.188. The van der Waals surface area contributed by atoms with E-state index in [-0.39, 0.29) is 0 Å². The van der Waals surface area contributed by atoms with Gasteiger partial charge in [0.15, 0.2) is 5.13 Å². The second-order valence-corrected chi connectivity index (χ2v) is 6.98. The maximum atomic E-state index is 4.61. The molecule has 0 saturated carbocycles. The number of nitrogens with one attached hydrogen (secondary N) is 1. The van der Waals surface area contributed by atoms with Gasteiger partial charge in [0.05, 0.1) is 10.2 Å². The number of aromatic nitrogens is 1. The molecule has 3 aromatic rings. The first-order valence-electron chi connectivity index (χ1n) is 6.55. The minimum atomic E-state index is 0.531. The molecule has 0 saturated heterocycles. The van der Waals surface area contributed by atoms with Crippen LogP contribution in [0.25, 0.3) is 10.2 Å². The van der Waals surface area contributed by atoms with E-state index in [2.05, 4.69) is 70.4 Å². The lowest BCUT2D eigenvalue weighted by atomic mass is 10.0. The molecule has 0 aliphatic carbocycles. The van der Waals surface area contributed by atoms with E-state index in [4.69, 9.17) is 0 Å². The summed E-state index contributed by atoms with van der Waals surface area (Å²) < 4.78 is 2.27. The zero-order valence-electron chi connectivity index (χ0n) is 11.4. The third-order valence-corrected chi connectivity index (χ3v) is 4.58. The second kappa shape index (κ2) is 5.54. The Morgan fingerprint density at radius 1 is 1.15 bits per heavy atom. The summed E-state index contributed by atoms with van der Waals surface area (Å²) in [6.07, 6.45) is 0. The first-order chi connectivity index (χ1) is 9.61. The Bertz CT molecular complexity index is 749. The van der Waals surface area contributed by atoms with Crippen molar-refractivity contribution in [2.75, 3.05) is 5.32 Å². The van der Waals surface area contributed by atoms with Crippen LogP contribution in [0.3, 0.4) is 0 Å². The largest absolute Gasteiger partial charge is 0.332 e. The van der Waals surface area contributed by atoms with Crippen LogP contribution in [-0.2, 0) is 0 Å². The number of hydrogen-bond acceptors (Lipinski definition) is 3. The predicted octanol–water partition coefficient (Wildman–Crippen LogP) is 5.93. The maximum Gasteiger partial charge on any atom is 0.188 e. The molecule has 20 heavy (non-hydrogen) atoms. The van der Waals surface area contributed by atoms with Crippen LogP contribution in [0.5, 0.6) is 0 Å². The molecule has 2 aromatic carbocycles. The van der Waals surface area contributed by atoms with E-state index in [0.29, 0.717) is 5.92 Å². The lowest BCUT2D eigenvalue weighted by Gasteiger charge is -2.08. The second-order valence-electron chi connectivity index (χ2n) is 5.04. The van der Waals surface area contributed by atoms with E-state index in [9.17, 15) is 0 Å². The van der Waals surface area contributed by atoms with Gasteiger partial charge in [-0.15, -0.1) is 0 Å². The van der Waals surface area contributed by atoms with Gasteiger partial charge in [-0.05, 0) is 41.8 Å². The highest BCUT2D eigenvalue weighted by Crippen LogP contribution is 2.30. The van der Waals surface area contributed by atoms with E-state index in [1.54, 1.807) is 11.3 Å². The molecular weight excluding hydrogens is 332 g/mol. The average molecular weight is 347 g/mol. The monoisotopic (exact) mass is 346 g/mol. The van der Waals surface area contributed by atoms with Gasteiger partial charge in [-0.2, -0.15) is 0 Å². The Hall–Kier alpha value is -1.39. The Balaban J connectivity index is 1.90. The Labute approximate surface area is 131 Å². The highest BCUT2D eigenvalue weighted by atomic mass is 79.9. The van der Waals surface area contributed by atoms with Crippen LogP contribution in [-0.4, -0.2) is 4.98 Å². The minimum Gasteiger partial charge on any atom is -0.332 e. The molecular formula is C16H15BrN2S. The average Bonchev–Trinajstić information content (AvgIpc) is 2.80. The zero-order chi connectivity index (χ0) is 14.1. The van der Waals surface area contributed by atoms with Crippen LogP contribution in [0, 0.1) is 0 Å². The number of thiazole rings is 1. The third kappa shape index (κ3) is 2.86. The molecule has 2 nitrogen and oxygen atoms in total. The number of rotatable bonds is 3. The van der Waals surface area contributed by atoms with Gasteiger partial charge in [0.2, 0.25) is 0 Å². The molecule has 1 heterocycles. The molecule has 0 radical (unpaired) electrons. The molecule has 0 spiro atoms. The molecule has 3 rings (SSSR count). The van der Waals surface area contributed by atoms with Crippen molar-refractivity contribution in [2.45, 2.75) is 19.8 Å². The summed E-state index contributed by atoms with van der Waals surface area (Å²) in [6.45, 7) is 4.41. The molecule has 1 N–H and O–H groups in total. The van der Waals surface area contributed by atoms with Gasteiger partial charge in [-0.3, -0.25) is 0 Å². The molecule has 0 unspecified atom stereocenters. The van der Waals surface area contributed by atoms with Crippen molar-refractivity contribution in [3.05, 3.63) is 52.5 Å². The normalized spacial score (nSPS) is 11.2. The maximum absolute atomic E-state index is 4.61. The Morgan fingerprint density at radius 3 is 2.80 bits per heavy atom. The fourth-order valence-corrected chi connectivity index (χ4v) is 3.49. The quantitative estimate of drug-likeness (QED) is 0.635. The molecule has 0 bridgehead atoms. The number of nitrogens with zero attached hydrogens (tertiary/aromatic N) is 1. The molecule has 0 atom stereocenters. The molecule has 0 amide bonds. The summed E-state index contributed by atoms with van der Waals surface area (Å²) in [6, 6.07) is 14.7. The van der Waals surface area contributed by atoms with Gasteiger partial charge in [-0.1, -0.05) is 53.2 Å². The summed E-state index contributed by atoms with van der Waals surface area (Å²) in [5.41, 5.74) is 3.45. The van der Waals surface area contributed by atoms with E-state index in [0.717, 1.165) is 20.8 Å². The van der Waals surface area contributed by atoms with Crippen LogP contribution >= 0.6 is 27.3 Å². The van der Waals surface area contributed by atoms with E-state index in [1.807, 2.05) is 12.1 Å². The van der Waals surface area contributed by atoms with Gasteiger partial charge in [0, 0.05) is 10.2 Å². The predicted molar refractivity (Wildman–Crippen MR) is 91.1 cm³/mol. The van der Waals surface area contributed by atoms with Gasteiger partial charge in [-0.25, -0.2) is 4.98 Å². The van der Waals surface area contributed by atoms with Gasteiger partial charge in [0.1, 0.15) is 0 Å². The highest BCUT2D eigenvalue weighted by Gasteiger charge is 2.06. The molecule has 102 valence electrons. The number of halogens is 1. The fourth-order valence-electron chi connectivity index (χ4n) is 2.05. The first-order valence-corrected chi connectivity index (χ1v) is 8.16. The summed E-state index contributed by atoms with van der Waals surface area (Å²) >= 11 is 5.16. The van der Waals surface area contributed by atoms with Gasteiger partial charge >= 0.3 is 0 Å². The van der Waals surface area contributed by atoms with Crippen molar-refractivity contribution < 1.29 is 0 Å². The highest BCUT2D eigenvalue weighted by molar-refractivity contribution is 9.10. The molecule has 0 fully saturated rings. The summed E-state index contributed by atoms with van der Waals surface area (Å²) in [5, 5.41) is 4.33. The van der Waals surface area contributed by atoms with Crippen molar-refractivity contribution in [2.24, 2.45) is 0 Å². The SMILES string of the molecule is CC(C)c1cccc(Nc2nc3ccc(Br)cc3s2)c1. The number of benzene rings is 2. The molecule has 4 heteroatoms. The standard InChI is InChI=1S/C16H15BrN2S/c1-10(2)11-4-3-5-13(8-11)18-16-19-14-7-6-12(17)9-15(14)20-16/h3-10H,1-2H3,(H,18,19). The number of anilines is 2. The van der Waals surface area contributed by atoms with Crippen LogP contribution in [0.2, 0.25) is 0 Å².